The van der Waals surface area contributed by atoms with Crippen molar-refractivity contribution in [3.05, 3.63) is 29.8 Å². The molecule has 0 saturated heterocycles. The molecule has 108 valence electrons. The molecule has 2 N–H and O–H groups in total. The van der Waals surface area contributed by atoms with Crippen molar-refractivity contribution in [3.63, 3.8) is 0 Å². The van der Waals surface area contributed by atoms with Gasteiger partial charge in [-0.2, -0.15) is 0 Å². The minimum atomic E-state index is -0.850. The Morgan fingerprint density at radius 3 is 2.50 bits per heavy atom. The number of hydrogen-bond donors (Lipinski definition) is 2. The van der Waals surface area contributed by atoms with Gasteiger partial charge in [-0.1, -0.05) is 0 Å². The molecular formula is C15H19NO4. The number of amides is 1. The number of rotatable bonds is 7. The monoisotopic (exact) mass is 277 g/mol. The fourth-order valence-electron chi connectivity index (χ4n) is 1.91. The molecule has 1 aromatic rings. The van der Waals surface area contributed by atoms with Crippen LogP contribution in [0, 0.1) is 0 Å². The molecule has 1 aliphatic carbocycles. The van der Waals surface area contributed by atoms with E-state index in [1.807, 2.05) is 0 Å². The van der Waals surface area contributed by atoms with Crippen LogP contribution >= 0.6 is 0 Å². The third kappa shape index (κ3) is 4.26. The predicted octanol–water partition coefficient (Wildman–Crippen LogP) is 2.21. The van der Waals surface area contributed by atoms with Gasteiger partial charge < -0.3 is 15.2 Å². The molecule has 1 fully saturated rings. The number of carbonyl (C=O) groups excluding carboxylic acids is 1. The molecule has 5 nitrogen and oxygen atoms in total. The highest BCUT2D eigenvalue weighted by Crippen LogP contribution is 2.25. The van der Waals surface area contributed by atoms with Crippen LogP contribution in [-0.4, -0.2) is 29.6 Å². The summed E-state index contributed by atoms with van der Waals surface area (Å²) in [5.41, 5.74) is 0.557. The summed E-state index contributed by atoms with van der Waals surface area (Å²) >= 11 is 0. The van der Waals surface area contributed by atoms with Crippen molar-refractivity contribution < 1.29 is 19.4 Å². The van der Waals surface area contributed by atoms with Gasteiger partial charge in [-0.25, -0.2) is 0 Å². The van der Waals surface area contributed by atoms with Gasteiger partial charge in [0.25, 0.3) is 5.91 Å². The maximum atomic E-state index is 11.8. The highest BCUT2D eigenvalue weighted by molar-refractivity contribution is 5.94. The zero-order valence-electron chi connectivity index (χ0n) is 11.3. The van der Waals surface area contributed by atoms with E-state index in [4.69, 9.17) is 9.84 Å². The first-order chi connectivity index (χ1) is 9.65. The lowest BCUT2D eigenvalue weighted by molar-refractivity contribution is -0.137. The lowest BCUT2D eigenvalue weighted by atomic mass is 9.96. The van der Waals surface area contributed by atoms with Gasteiger partial charge in [-0.3, -0.25) is 9.59 Å². The average molecular weight is 277 g/mol. The summed E-state index contributed by atoms with van der Waals surface area (Å²) in [4.78, 5) is 22.1. The van der Waals surface area contributed by atoms with E-state index < -0.39 is 5.97 Å². The topological polar surface area (TPSA) is 75.6 Å². The van der Waals surface area contributed by atoms with Crippen molar-refractivity contribution >= 4 is 11.9 Å². The highest BCUT2D eigenvalue weighted by Gasteiger charge is 2.19. The maximum absolute atomic E-state index is 11.8. The molecule has 1 saturated carbocycles. The summed E-state index contributed by atoms with van der Waals surface area (Å²) in [6, 6.07) is 7.04. The summed E-state index contributed by atoms with van der Waals surface area (Å²) in [5.74, 6) is -0.251. The summed E-state index contributed by atoms with van der Waals surface area (Å²) < 4.78 is 5.71. The Labute approximate surface area is 117 Å². The molecule has 2 rings (SSSR count). The zero-order valence-corrected chi connectivity index (χ0v) is 11.3. The molecule has 1 amide bonds. The molecule has 1 aromatic carbocycles. The predicted molar refractivity (Wildman–Crippen MR) is 73.9 cm³/mol. The van der Waals surface area contributed by atoms with Crippen LogP contribution in [0.2, 0.25) is 0 Å². The van der Waals surface area contributed by atoms with Gasteiger partial charge in [0.1, 0.15) is 5.75 Å². The van der Waals surface area contributed by atoms with E-state index in [9.17, 15) is 9.59 Å². The SMILES string of the molecule is O=C(O)CCCNC(=O)c1ccc(OC2CCC2)cc1. The van der Waals surface area contributed by atoms with Crippen LogP contribution in [0.3, 0.4) is 0 Å². The van der Waals surface area contributed by atoms with Gasteiger partial charge >= 0.3 is 5.97 Å². The lowest BCUT2D eigenvalue weighted by Gasteiger charge is -2.26. The second kappa shape index (κ2) is 6.93. The first-order valence-corrected chi connectivity index (χ1v) is 6.92. The Morgan fingerprint density at radius 2 is 1.95 bits per heavy atom. The highest BCUT2D eigenvalue weighted by atomic mass is 16.5. The zero-order chi connectivity index (χ0) is 14.4. The number of carbonyl (C=O) groups is 2. The minimum absolute atomic E-state index is 0.0639. The number of aliphatic carboxylic acids is 1. The molecule has 0 spiro atoms. The van der Waals surface area contributed by atoms with Crippen LogP contribution in [0.5, 0.6) is 5.75 Å². The van der Waals surface area contributed by atoms with E-state index >= 15 is 0 Å². The van der Waals surface area contributed by atoms with Crippen molar-refractivity contribution in [2.75, 3.05) is 6.54 Å². The smallest absolute Gasteiger partial charge is 0.303 e. The van der Waals surface area contributed by atoms with Crippen LogP contribution in [0.25, 0.3) is 0 Å². The summed E-state index contributed by atoms with van der Waals surface area (Å²) in [7, 11) is 0. The van der Waals surface area contributed by atoms with Gasteiger partial charge in [-0.05, 0) is 49.9 Å². The molecule has 20 heavy (non-hydrogen) atoms. The second-order valence-electron chi connectivity index (χ2n) is 4.95. The Bertz CT molecular complexity index is 465. The van der Waals surface area contributed by atoms with E-state index in [0.29, 0.717) is 24.6 Å². The van der Waals surface area contributed by atoms with Gasteiger partial charge in [0.15, 0.2) is 0 Å². The van der Waals surface area contributed by atoms with Crippen LogP contribution < -0.4 is 10.1 Å². The van der Waals surface area contributed by atoms with Crippen molar-refractivity contribution in [1.29, 1.82) is 0 Å². The number of carboxylic acid groups (broad SMARTS) is 1. The molecule has 5 heteroatoms. The fraction of sp³-hybridized carbons (Fsp3) is 0.467. The number of carboxylic acids is 1. The molecule has 0 aromatic heterocycles. The maximum Gasteiger partial charge on any atom is 0.303 e. The van der Waals surface area contributed by atoms with Crippen LogP contribution in [0.1, 0.15) is 42.5 Å². The average Bonchev–Trinajstić information content (AvgIpc) is 2.39. The first-order valence-electron chi connectivity index (χ1n) is 6.92. The number of ether oxygens (including phenoxy) is 1. The van der Waals surface area contributed by atoms with E-state index in [1.165, 1.54) is 6.42 Å². The second-order valence-corrected chi connectivity index (χ2v) is 4.95. The lowest BCUT2D eigenvalue weighted by Crippen LogP contribution is -2.25. The number of nitrogens with one attached hydrogen (secondary N) is 1. The summed E-state index contributed by atoms with van der Waals surface area (Å²) in [6.45, 7) is 0.367. The molecule has 1 aliphatic rings. The van der Waals surface area contributed by atoms with Crippen molar-refractivity contribution in [1.82, 2.24) is 5.32 Å². The van der Waals surface area contributed by atoms with Gasteiger partial charge in [0.2, 0.25) is 0 Å². The Hall–Kier alpha value is -2.04. The van der Waals surface area contributed by atoms with E-state index in [0.717, 1.165) is 18.6 Å². The largest absolute Gasteiger partial charge is 0.490 e. The van der Waals surface area contributed by atoms with E-state index in [2.05, 4.69) is 5.32 Å². The van der Waals surface area contributed by atoms with Gasteiger partial charge in [0.05, 0.1) is 6.10 Å². The van der Waals surface area contributed by atoms with Crippen molar-refractivity contribution in [3.8, 4) is 5.75 Å². The molecule has 0 bridgehead atoms. The number of hydrogen-bond acceptors (Lipinski definition) is 3. The standard InChI is InChI=1S/C15H19NO4/c17-14(18)5-2-10-16-15(19)11-6-8-13(9-7-11)20-12-3-1-4-12/h6-9,12H,1-5,10H2,(H,16,19)(H,17,18). The molecule has 0 heterocycles. The Morgan fingerprint density at radius 1 is 1.25 bits per heavy atom. The van der Waals surface area contributed by atoms with Gasteiger partial charge in [0, 0.05) is 18.5 Å². The molecule has 0 radical (unpaired) electrons. The first kappa shape index (κ1) is 14.4. The van der Waals surface area contributed by atoms with E-state index in [1.54, 1.807) is 24.3 Å². The van der Waals surface area contributed by atoms with Gasteiger partial charge in [-0.15, -0.1) is 0 Å². The Balaban J connectivity index is 1.76. The van der Waals surface area contributed by atoms with Crippen LogP contribution in [-0.2, 0) is 4.79 Å². The third-order valence-corrected chi connectivity index (χ3v) is 3.32. The quantitative estimate of drug-likeness (QED) is 0.749. The molecule has 0 atom stereocenters. The normalized spacial score (nSPS) is 14.4. The summed E-state index contributed by atoms with van der Waals surface area (Å²) in [6.07, 6.45) is 4.25. The fourth-order valence-corrected chi connectivity index (χ4v) is 1.91. The van der Waals surface area contributed by atoms with E-state index in [-0.39, 0.29) is 12.3 Å². The van der Waals surface area contributed by atoms with Crippen LogP contribution in [0.4, 0.5) is 0 Å². The molecular weight excluding hydrogens is 258 g/mol. The molecule has 0 unspecified atom stereocenters. The third-order valence-electron chi connectivity index (χ3n) is 3.32. The van der Waals surface area contributed by atoms with Crippen molar-refractivity contribution in [2.24, 2.45) is 0 Å². The minimum Gasteiger partial charge on any atom is -0.490 e. The summed E-state index contributed by atoms with van der Waals surface area (Å²) in [5, 5.41) is 11.2. The van der Waals surface area contributed by atoms with Crippen molar-refractivity contribution in [2.45, 2.75) is 38.2 Å². The Kier molecular flexibility index (Phi) is 4.98. The molecule has 0 aliphatic heterocycles. The number of benzene rings is 1. The van der Waals surface area contributed by atoms with Crippen LogP contribution in [0.15, 0.2) is 24.3 Å².